The lowest BCUT2D eigenvalue weighted by Crippen LogP contribution is -2.35. The minimum atomic E-state index is -0.240. The largest absolute Gasteiger partial charge is 0.371 e. The third kappa shape index (κ3) is 3.27. The number of anilines is 1. The second-order valence-corrected chi connectivity index (χ2v) is 7.67. The zero-order valence-electron chi connectivity index (χ0n) is 14.3. The van der Waals surface area contributed by atoms with Gasteiger partial charge < -0.3 is 14.4 Å². The van der Waals surface area contributed by atoms with Crippen LogP contribution >= 0.6 is 0 Å². The Kier molecular flexibility index (Phi) is 4.33. The van der Waals surface area contributed by atoms with Crippen molar-refractivity contribution >= 4 is 5.69 Å². The summed E-state index contributed by atoms with van der Waals surface area (Å²) in [5, 5.41) is 0. The van der Waals surface area contributed by atoms with Gasteiger partial charge in [-0.2, -0.15) is 0 Å². The van der Waals surface area contributed by atoms with Crippen molar-refractivity contribution in [3.8, 4) is 0 Å². The van der Waals surface area contributed by atoms with Gasteiger partial charge in [0.1, 0.15) is 0 Å². The Labute approximate surface area is 140 Å². The first-order chi connectivity index (χ1) is 11.2. The maximum Gasteiger partial charge on any atom is 0.168 e. The molecule has 3 nitrogen and oxygen atoms in total. The summed E-state index contributed by atoms with van der Waals surface area (Å²) in [5.74, 6) is 1.24. The van der Waals surface area contributed by atoms with Crippen LogP contribution in [0.25, 0.3) is 0 Å². The van der Waals surface area contributed by atoms with Crippen molar-refractivity contribution in [2.45, 2.75) is 57.2 Å². The Morgan fingerprint density at radius 2 is 1.87 bits per heavy atom. The quantitative estimate of drug-likeness (QED) is 0.811. The molecule has 1 saturated carbocycles. The van der Waals surface area contributed by atoms with Crippen LogP contribution in [0.5, 0.6) is 0 Å². The third-order valence-electron chi connectivity index (χ3n) is 5.92. The fraction of sp³-hybridized carbons (Fsp3) is 0.700. The molecule has 1 atom stereocenters. The van der Waals surface area contributed by atoms with E-state index in [1.807, 2.05) is 0 Å². The molecule has 3 aliphatic rings. The van der Waals surface area contributed by atoms with Gasteiger partial charge >= 0.3 is 0 Å². The van der Waals surface area contributed by atoms with Crippen LogP contribution in [0.1, 0.15) is 56.9 Å². The van der Waals surface area contributed by atoms with Crippen molar-refractivity contribution in [3.63, 3.8) is 0 Å². The predicted octanol–water partition coefficient (Wildman–Crippen LogP) is 4.32. The smallest absolute Gasteiger partial charge is 0.168 e. The number of piperidine rings is 1. The topological polar surface area (TPSA) is 21.7 Å². The summed E-state index contributed by atoms with van der Waals surface area (Å²) < 4.78 is 11.7. The van der Waals surface area contributed by atoms with E-state index in [0.29, 0.717) is 5.92 Å². The van der Waals surface area contributed by atoms with Crippen LogP contribution < -0.4 is 4.90 Å². The molecule has 0 N–H and O–H groups in total. The molecule has 0 radical (unpaired) electrons. The second-order valence-electron chi connectivity index (χ2n) is 7.67. The lowest BCUT2D eigenvalue weighted by Gasteiger charge is -2.36. The number of hydrogen-bond donors (Lipinski definition) is 0. The first kappa shape index (κ1) is 15.5. The SMILES string of the molecule is CC1CCCN(c2cccc(C3CCC4(CC3)OCCO4)c2)C1. The van der Waals surface area contributed by atoms with E-state index in [2.05, 4.69) is 36.1 Å². The average Bonchev–Trinajstić information content (AvgIpc) is 3.04. The molecule has 1 spiro atoms. The summed E-state index contributed by atoms with van der Waals surface area (Å²) in [6, 6.07) is 9.29. The highest BCUT2D eigenvalue weighted by Gasteiger charge is 2.40. The molecule has 2 heterocycles. The van der Waals surface area contributed by atoms with Crippen LogP contribution in [0.15, 0.2) is 24.3 Å². The number of nitrogens with zero attached hydrogens (tertiary/aromatic N) is 1. The zero-order chi connectivity index (χ0) is 15.7. The van der Waals surface area contributed by atoms with E-state index in [1.54, 1.807) is 0 Å². The molecule has 1 aliphatic carbocycles. The highest BCUT2D eigenvalue weighted by atomic mass is 16.7. The third-order valence-corrected chi connectivity index (χ3v) is 5.92. The van der Waals surface area contributed by atoms with Crippen molar-refractivity contribution < 1.29 is 9.47 Å². The van der Waals surface area contributed by atoms with E-state index in [9.17, 15) is 0 Å². The molecule has 1 aromatic rings. The van der Waals surface area contributed by atoms with Crippen LogP contribution in [0, 0.1) is 5.92 Å². The Hall–Kier alpha value is -1.06. The monoisotopic (exact) mass is 315 g/mol. The Morgan fingerprint density at radius 1 is 1.09 bits per heavy atom. The summed E-state index contributed by atoms with van der Waals surface area (Å²) >= 11 is 0. The Balaban J connectivity index is 1.44. The normalized spacial score (nSPS) is 28.4. The van der Waals surface area contributed by atoms with E-state index >= 15 is 0 Å². The maximum absolute atomic E-state index is 5.87. The number of hydrogen-bond acceptors (Lipinski definition) is 3. The molecule has 2 aliphatic heterocycles. The minimum absolute atomic E-state index is 0.240. The Bertz CT molecular complexity index is 528. The molecule has 4 rings (SSSR count). The van der Waals surface area contributed by atoms with Crippen LogP contribution in [0.4, 0.5) is 5.69 Å². The highest BCUT2D eigenvalue weighted by molar-refractivity contribution is 5.49. The maximum atomic E-state index is 5.87. The molecule has 126 valence electrons. The van der Waals surface area contributed by atoms with Gasteiger partial charge in [-0.15, -0.1) is 0 Å². The van der Waals surface area contributed by atoms with Crippen LogP contribution in [0.3, 0.4) is 0 Å². The van der Waals surface area contributed by atoms with Gasteiger partial charge in [-0.1, -0.05) is 19.1 Å². The van der Waals surface area contributed by atoms with Crippen LogP contribution in [0.2, 0.25) is 0 Å². The van der Waals surface area contributed by atoms with Crippen LogP contribution in [-0.4, -0.2) is 32.1 Å². The molecule has 1 unspecified atom stereocenters. The fourth-order valence-electron chi connectivity index (χ4n) is 4.58. The summed E-state index contributed by atoms with van der Waals surface area (Å²) in [6.45, 7) is 6.33. The van der Waals surface area contributed by atoms with E-state index in [-0.39, 0.29) is 5.79 Å². The van der Waals surface area contributed by atoms with Crippen LogP contribution in [-0.2, 0) is 9.47 Å². The molecule has 0 bridgehead atoms. The highest BCUT2D eigenvalue weighted by Crippen LogP contribution is 2.42. The van der Waals surface area contributed by atoms with E-state index in [1.165, 1.54) is 50.0 Å². The fourth-order valence-corrected chi connectivity index (χ4v) is 4.58. The number of benzene rings is 1. The minimum Gasteiger partial charge on any atom is -0.371 e. The summed E-state index contributed by atoms with van der Waals surface area (Å²) in [5.41, 5.74) is 2.93. The molecule has 3 fully saturated rings. The van der Waals surface area contributed by atoms with Gasteiger partial charge in [0, 0.05) is 31.6 Å². The molecule has 2 saturated heterocycles. The second kappa shape index (κ2) is 6.45. The summed E-state index contributed by atoms with van der Waals surface area (Å²) in [4.78, 5) is 2.57. The first-order valence-corrected chi connectivity index (χ1v) is 9.37. The molecule has 1 aromatic carbocycles. The van der Waals surface area contributed by atoms with Gasteiger partial charge in [-0.05, 0) is 55.2 Å². The van der Waals surface area contributed by atoms with Crippen molar-refractivity contribution in [1.82, 2.24) is 0 Å². The zero-order valence-corrected chi connectivity index (χ0v) is 14.3. The number of ether oxygens (including phenoxy) is 2. The first-order valence-electron chi connectivity index (χ1n) is 9.37. The van der Waals surface area contributed by atoms with Gasteiger partial charge in [0.05, 0.1) is 13.2 Å². The van der Waals surface area contributed by atoms with Crippen molar-refractivity contribution in [2.75, 3.05) is 31.2 Å². The predicted molar refractivity (Wildman–Crippen MR) is 92.9 cm³/mol. The summed E-state index contributed by atoms with van der Waals surface area (Å²) in [7, 11) is 0. The Morgan fingerprint density at radius 3 is 2.61 bits per heavy atom. The van der Waals surface area contributed by atoms with Crippen molar-refractivity contribution in [2.24, 2.45) is 5.92 Å². The molecule has 0 aromatic heterocycles. The van der Waals surface area contributed by atoms with Crippen molar-refractivity contribution in [3.05, 3.63) is 29.8 Å². The van der Waals surface area contributed by atoms with Gasteiger partial charge in [-0.25, -0.2) is 0 Å². The van der Waals surface area contributed by atoms with E-state index in [0.717, 1.165) is 32.0 Å². The van der Waals surface area contributed by atoms with Gasteiger partial charge in [-0.3, -0.25) is 0 Å². The molecular formula is C20H29NO2. The van der Waals surface area contributed by atoms with E-state index < -0.39 is 0 Å². The lowest BCUT2D eigenvalue weighted by molar-refractivity contribution is -0.178. The molecule has 23 heavy (non-hydrogen) atoms. The standard InChI is InChI=1S/C20H29NO2/c1-16-4-3-11-21(15-16)19-6-2-5-18(14-19)17-7-9-20(10-8-17)22-12-13-23-20/h2,5-6,14,16-17H,3-4,7-13,15H2,1H3. The molecule has 3 heteroatoms. The van der Waals surface area contributed by atoms with Gasteiger partial charge in [0.15, 0.2) is 5.79 Å². The van der Waals surface area contributed by atoms with Gasteiger partial charge in [0.25, 0.3) is 0 Å². The lowest BCUT2D eigenvalue weighted by atomic mass is 9.81. The molecule has 0 amide bonds. The van der Waals surface area contributed by atoms with Gasteiger partial charge in [0.2, 0.25) is 0 Å². The summed E-state index contributed by atoms with van der Waals surface area (Å²) in [6.07, 6.45) is 7.15. The van der Waals surface area contributed by atoms with Crippen molar-refractivity contribution in [1.29, 1.82) is 0 Å². The number of rotatable bonds is 2. The average molecular weight is 315 g/mol. The van der Waals surface area contributed by atoms with E-state index in [4.69, 9.17) is 9.47 Å². The molecular weight excluding hydrogens is 286 g/mol.